The monoisotopic (exact) mass is 235 g/mol. The van der Waals surface area contributed by atoms with E-state index in [0.717, 1.165) is 0 Å². The Hall–Kier alpha value is -1.73. The molecule has 0 aliphatic carbocycles. The van der Waals surface area contributed by atoms with E-state index in [-0.39, 0.29) is 12.2 Å². The highest BCUT2D eigenvalue weighted by atomic mass is 19.1. The van der Waals surface area contributed by atoms with Crippen molar-refractivity contribution in [1.82, 2.24) is 0 Å². The van der Waals surface area contributed by atoms with Crippen molar-refractivity contribution in [2.45, 2.75) is 19.3 Å². The molecular formula is C13H14FNO2. The van der Waals surface area contributed by atoms with E-state index in [1.807, 2.05) is 13.0 Å². The Kier molecular flexibility index (Phi) is 5.31. The molecule has 0 aliphatic rings. The van der Waals surface area contributed by atoms with Crippen LogP contribution in [0.4, 0.5) is 4.39 Å². The standard InChI is InChI=1S/C13H14FNO2/c1-2-17-7-6-13(16)12(9-15)10-4-3-5-11(14)8-10/h3-5,8,12H,2,6-7H2,1H3. The summed E-state index contributed by atoms with van der Waals surface area (Å²) in [6, 6.07) is 7.47. The maximum Gasteiger partial charge on any atom is 0.156 e. The Morgan fingerprint density at radius 3 is 2.94 bits per heavy atom. The highest BCUT2D eigenvalue weighted by Gasteiger charge is 2.19. The first-order chi connectivity index (χ1) is 8.19. The van der Waals surface area contributed by atoms with Crippen molar-refractivity contribution in [3.05, 3.63) is 35.6 Å². The molecule has 1 unspecified atom stereocenters. The highest BCUT2D eigenvalue weighted by molar-refractivity contribution is 5.88. The second kappa shape index (κ2) is 6.77. The minimum absolute atomic E-state index is 0.169. The summed E-state index contributed by atoms with van der Waals surface area (Å²) >= 11 is 0. The first-order valence-electron chi connectivity index (χ1n) is 5.44. The number of Topliss-reactive ketones (excluding diaryl/α,β-unsaturated/α-hetero) is 1. The molecule has 0 saturated heterocycles. The first-order valence-corrected chi connectivity index (χ1v) is 5.44. The topological polar surface area (TPSA) is 50.1 Å². The molecule has 0 saturated carbocycles. The van der Waals surface area contributed by atoms with Gasteiger partial charge in [-0.3, -0.25) is 4.79 Å². The number of benzene rings is 1. The summed E-state index contributed by atoms with van der Waals surface area (Å²) in [6.45, 7) is 2.66. The van der Waals surface area contributed by atoms with Gasteiger partial charge in [0, 0.05) is 13.0 Å². The molecule has 0 bridgehead atoms. The first kappa shape index (κ1) is 13.3. The third-order valence-electron chi connectivity index (χ3n) is 2.33. The minimum atomic E-state index is -0.911. The van der Waals surface area contributed by atoms with E-state index >= 15 is 0 Å². The average molecular weight is 235 g/mol. The van der Waals surface area contributed by atoms with Crippen LogP contribution in [-0.2, 0) is 9.53 Å². The molecule has 0 fully saturated rings. The zero-order valence-electron chi connectivity index (χ0n) is 9.65. The molecule has 0 aromatic heterocycles. The molecule has 0 spiro atoms. The molecule has 90 valence electrons. The van der Waals surface area contributed by atoms with E-state index in [1.54, 1.807) is 6.07 Å². The molecule has 3 nitrogen and oxygen atoms in total. The van der Waals surface area contributed by atoms with Gasteiger partial charge in [0.15, 0.2) is 5.78 Å². The third kappa shape index (κ3) is 3.97. The van der Waals surface area contributed by atoms with Gasteiger partial charge < -0.3 is 4.74 Å². The summed E-state index contributed by atoms with van der Waals surface area (Å²) in [5.74, 6) is -1.60. The lowest BCUT2D eigenvalue weighted by Crippen LogP contribution is -2.13. The van der Waals surface area contributed by atoms with Crippen LogP contribution in [0, 0.1) is 17.1 Å². The van der Waals surface area contributed by atoms with E-state index in [2.05, 4.69) is 0 Å². The molecule has 1 rings (SSSR count). The Morgan fingerprint density at radius 2 is 2.35 bits per heavy atom. The SMILES string of the molecule is CCOCCC(=O)C(C#N)c1cccc(F)c1. The summed E-state index contributed by atoms with van der Waals surface area (Å²) in [5.41, 5.74) is 0.397. The Morgan fingerprint density at radius 1 is 1.59 bits per heavy atom. The summed E-state index contributed by atoms with van der Waals surface area (Å²) in [5, 5.41) is 8.96. The van der Waals surface area contributed by atoms with Crippen LogP contribution in [-0.4, -0.2) is 19.0 Å². The van der Waals surface area contributed by atoms with Crippen molar-refractivity contribution in [1.29, 1.82) is 5.26 Å². The summed E-state index contributed by atoms with van der Waals surface area (Å²) < 4.78 is 18.0. The van der Waals surface area contributed by atoms with Gasteiger partial charge in [0.1, 0.15) is 11.7 Å². The van der Waals surface area contributed by atoms with Gasteiger partial charge in [-0.05, 0) is 24.6 Å². The van der Waals surface area contributed by atoms with E-state index in [9.17, 15) is 9.18 Å². The Bertz CT molecular complexity index is 426. The van der Waals surface area contributed by atoms with Crippen molar-refractivity contribution in [3.8, 4) is 6.07 Å². The molecule has 0 heterocycles. The van der Waals surface area contributed by atoms with Crippen molar-refractivity contribution in [3.63, 3.8) is 0 Å². The van der Waals surface area contributed by atoms with E-state index in [4.69, 9.17) is 10.00 Å². The lowest BCUT2D eigenvalue weighted by Gasteiger charge is -2.08. The quantitative estimate of drug-likeness (QED) is 0.711. The maximum absolute atomic E-state index is 13.0. The predicted octanol–water partition coefficient (Wildman–Crippen LogP) is 2.43. The molecular weight excluding hydrogens is 221 g/mol. The third-order valence-corrected chi connectivity index (χ3v) is 2.33. The largest absolute Gasteiger partial charge is 0.381 e. The van der Waals surface area contributed by atoms with Crippen LogP contribution in [0.1, 0.15) is 24.8 Å². The normalized spacial score (nSPS) is 11.8. The Balaban J connectivity index is 2.72. The highest BCUT2D eigenvalue weighted by Crippen LogP contribution is 2.18. The second-order valence-electron chi connectivity index (χ2n) is 3.53. The van der Waals surface area contributed by atoms with Crippen molar-refractivity contribution >= 4 is 5.78 Å². The predicted molar refractivity (Wildman–Crippen MR) is 60.9 cm³/mol. The van der Waals surface area contributed by atoms with Crippen LogP contribution in [0.3, 0.4) is 0 Å². The molecule has 0 aliphatic heterocycles. The number of ketones is 1. The van der Waals surface area contributed by atoms with E-state index in [1.165, 1.54) is 18.2 Å². The zero-order valence-corrected chi connectivity index (χ0v) is 9.65. The lowest BCUT2D eigenvalue weighted by atomic mass is 9.94. The van der Waals surface area contributed by atoms with Crippen LogP contribution in [0.2, 0.25) is 0 Å². The summed E-state index contributed by atoms with van der Waals surface area (Å²) in [4.78, 5) is 11.7. The van der Waals surface area contributed by atoms with Gasteiger partial charge in [0.2, 0.25) is 0 Å². The average Bonchev–Trinajstić information content (AvgIpc) is 2.30. The van der Waals surface area contributed by atoms with Crippen LogP contribution >= 0.6 is 0 Å². The molecule has 0 N–H and O–H groups in total. The molecule has 0 radical (unpaired) electrons. The Labute approximate surface area is 99.8 Å². The minimum Gasteiger partial charge on any atom is -0.381 e. The number of nitriles is 1. The van der Waals surface area contributed by atoms with E-state index < -0.39 is 11.7 Å². The summed E-state index contributed by atoms with van der Waals surface area (Å²) in [7, 11) is 0. The fourth-order valence-corrected chi connectivity index (χ4v) is 1.48. The van der Waals surface area contributed by atoms with Gasteiger partial charge in [0.05, 0.1) is 12.7 Å². The van der Waals surface area contributed by atoms with Crippen molar-refractivity contribution in [2.24, 2.45) is 0 Å². The number of hydrogen-bond acceptors (Lipinski definition) is 3. The lowest BCUT2D eigenvalue weighted by molar-refractivity contribution is -0.120. The van der Waals surface area contributed by atoms with Gasteiger partial charge in [-0.2, -0.15) is 5.26 Å². The van der Waals surface area contributed by atoms with Gasteiger partial charge in [-0.15, -0.1) is 0 Å². The second-order valence-corrected chi connectivity index (χ2v) is 3.53. The van der Waals surface area contributed by atoms with Gasteiger partial charge >= 0.3 is 0 Å². The fourth-order valence-electron chi connectivity index (χ4n) is 1.48. The van der Waals surface area contributed by atoms with Gasteiger partial charge in [-0.1, -0.05) is 12.1 Å². The summed E-state index contributed by atoms with van der Waals surface area (Å²) in [6.07, 6.45) is 0.169. The van der Waals surface area contributed by atoms with Crippen LogP contribution < -0.4 is 0 Å². The van der Waals surface area contributed by atoms with Gasteiger partial charge in [-0.25, -0.2) is 4.39 Å². The molecule has 4 heteroatoms. The number of nitrogens with zero attached hydrogens (tertiary/aromatic N) is 1. The maximum atomic E-state index is 13.0. The number of halogens is 1. The fraction of sp³-hybridized carbons (Fsp3) is 0.385. The number of carbonyl (C=O) groups excluding carboxylic acids is 1. The molecule has 1 aromatic carbocycles. The number of rotatable bonds is 6. The smallest absolute Gasteiger partial charge is 0.156 e. The molecule has 0 amide bonds. The van der Waals surface area contributed by atoms with Crippen LogP contribution in [0.5, 0.6) is 0 Å². The van der Waals surface area contributed by atoms with Crippen LogP contribution in [0.15, 0.2) is 24.3 Å². The number of carbonyl (C=O) groups is 1. The number of hydrogen-bond donors (Lipinski definition) is 0. The van der Waals surface area contributed by atoms with E-state index in [0.29, 0.717) is 18.8 Å². The zero-order chi connectivity index (χ0) is 12.7. The molecule has 1 aromatic rings. The van der Waals surface area contributed by atoms with Gasteiger partial charge in [0.25, 0.3) is 0 Å². The molecule has 17 heavy (non-hydrogen) atoms. The number of ether oxygens (including phenoxy) is 1. The molecule has 1 atom stereocenters. The van der Waals surface area contributed by atoms with Crippen molar-refractivity contribution < 1.29 is 13.9 Å². The van der Waals surface area contributed by atoms with Crippen LogP contribution in [0.25, 0.3) is 0 Å². The van der Waals surface area contributed by atoms with Crippen molar-refractivity contribution in [2.75, 3.05) is 13.2 Å².